The Morgan fingerprint density at radius 3 is 2.30 bits per heavy atom. The summed E-state index contributed by atoms with van der Waals surface area (Å²) in [6.07, 6.45) is -4.49. The van der Waals surface area contributed by atoms with E-state index in [-0.39, 0.29) is 32.0 Å². The average Bonchev–Trinajstić information content (AvgIpc) is 2.38. The van der Waals surface area contributed by atoms with Gasteiger partial charge in [-0.15, -0.1) is 0 Å². The second-order valence-electron chi connectivity index (χ2n) is 3.94. The van der Waals surface area contributed by atoms with Gasteiger partial charge in [0.25, 0.3) is 0 Å². The summed E-state index contributed by atoms with van der Waals surface area (Å²) in [6, 6.07) is 3.53. The zero-order chi connectivity index (χ0) is 15.2. The summed E-state index contributed by atoms with van der Waals surface area (Å²) in [6.45, 7) is -0.664. The number of nitrogens with zero attached hydrogens (tertiary/aromatic N) is 1. The second-order valence-corrected chi connectivity index (χ2v) is 3.94. The molecule has 0 fully saturated rings. The van der Waals surface area contributed by atoms with Crippen molar-refractivity contribution in [3.63, 3.8) is 0 Å². The number of aliphatic hydroxyl groups is 2. The van der Waals surface area contributed by atoms with Crippen LogP contribution < -0.4 is 5.32 Å². The summed E-state index contributed by atoms with van der Waals surface area (Å²) in [7, 11) is 0. The zero-order valence-corrected chi connectivity index (χ0v) is 10.5. The van der Waals surface area contributed by atoms with Crippen LogP contribution in [0.15, 0.2) is 24.3 Å². The van der Waals surface area contributed by atoms with Gasteiger partial charge in [-0.2, -0.15) is 13.2 Å². The Balaban J connectivity index is 2.79. The minimum atomic E-state index is -4.49. The van der Waals surface area contributed by atoms with Crippen molar-refractivity contribution in [2.24, 2.45) is 0 Å². The fraction of sp³-hybridized carbons (Fsp3) is 0.417. The number of anilines is 1. The Kier molecular flexibility index (Phi) is 5.78. The summed E-state index contributed by atoms with van der Waals surface area (Å²) in [5.74, 6) is 0. The molecule has 0 spiro atoms. The molecular formula is C12H15F3N2O3. The number of alkyl halides is 3. The minimum Gasteiger partial charge on any atom is -0.395 e. The van der Waals surface area contributed by atoms with E-state index in [0.29, 0.717) is 0 Å². The van der Waals surface area contributed by atoms with Gasteiger partial charge < -0.3 is 20.4 Å². The van der Waals surface area contributed by atoms with Gasteiger partial charge in [0.2, 0.25) is 0 Å². The third kappa shape index (κ3) is 4.71. The van der Waals surface area contributed by atoms with Crippen molar-refractivity contribution in [2.75, 3.05) is 31.6 Å². The van der Waals surface area contributed by atoms with Gasteiger partial charge in [-0.3, -0.25) is 0 Å². The molecule has 0 heterocycles. The van der Waals surface area contributed by atoms with Gasteiger partial charge in [0, 0.05) is 18.8 Å². The van der Waals surface area contributed by atoms with Gasteiger partial charge in [-0.1, -0.05) is 6.07 Å². The predicted octanol–water partition coefficient (Wildman–Crippen LogP) is 1.52. The number of urea groups is 1. The molecule has 1 aromatic carbocycles. The van der Waals surface area contributed by atoms with E-state index in [1.165, 1.54) is 12.1 Å². The zero-order valence-electron chi connectivity index (χ0n) is 10.5. The van der Waals surface area contributed by atoms with Crippen LogP contribution in [0.2, 0.25) is 0 Å². The van der Waals surface area contributed by atoms with Crippen LogP contribution in [0.5, 0.6) is 0 Å². The molecule has 0 aromatic heterocycles. The minimum absolute atomic E-state index is 0.00861. The fourth-order valence-electron chi connectivity index (χ4n) is 1.53. The van der Waals surface area contributed by atoms with Crippen molar-refractivity contribution in [2.45, 2.75) is 6.18 Å². The van der Waals surface area contributed by atoms with Gasteiger partial charge >= 0.3 is 12.2 Å². The molecule has 0 aliphatic carbocycles. The number of carbonyl (C=O) groups is 1. The van der Waals surface area contributed by atoms with Crippen molar-refractivity contribution in [3.05, 3.63) is 29.8 Å². The molecule has 0 radical (unpaired) electrons. The van der Waals surface area contributed by atoms with Crippen molar-refractivity contribution < 1.29 is 28.2 Å². The van der Waals surface area contributed by atoms with Crippen LogP contribution in [0.3, 0.4) is 0 Å². The quantitative estimate of drug-likeness (QED) is 0.770. The van der Waals surface area contributed by atoms with Crippen LogP contribution in [-0.4, -0.2) is 47.4 Å². The van der Waals surface area contributed by atoms with Gasteiger partial charge in [0.15, 0.2) is 0 Å². The van der Waals surface area contributed by atoms with Gasteiger partial charge in [-0.25, -0.2) is 4.79 Å². The summed E-state index contributed by atoms with van der Waals surface area (Å²) >= 11 is 0. The lowest BCUT2D eigenvalue weighted by Gasteiger charge is -2.21. The van der Waals surface area contributed by atoms with Gasteiger partial charge in [-0.05, 0) is 18.2 Å². The topological polar surface area (TPSA) is 72.8 Å². The molecule has 2 amide bonds. The number of amides is 2. The molecule has 1 rings (SSSR count). The molecule has 20 heavy (non-hydrogen) atoms. The molecule has 0 atom stereocenters. The molecule has 0 saturated carbocycles. The Morgan fingerprint density at radius 1 is 1.20 bits per heavy atom. The number of carbonyl (C=O) groups excluding carboxylic acids is 1. The van der Waals surface area contributed by atoms with E-state index in [4.69, 9.17) is 10.2 Å². The normalized spacial score (nSPS) is 11.2. The Morgan fingerprint density at radius 2 is 1.80 bits per heavy atom. The first-order valence-electron chi connectivity index (χ1n) is 5.83. The Hall–Kier alpha value is -1.80. The number of rotatable bonds is 5. The van der Waals surface area contributed by atoms with Crippen molar-refractivity contribution in [1.29, 1.82) is 0 Å². The monoisotopic (exact) mass is 292 g/mol. The van der Waals surface area contributed by atoms with Crippen LogP contribution in [0.25, 0.3) is 0 Å². The number of benzene rings is 1. The number of hydrogen-bond donors (Lipinski definition) is 3. The summed E-state index contributed by atoms with van der Waals surface area (Å²) in [5.41, 5.74) is -0.878. The van der Waals surface area contributed by atoms with E-state index in [2.05, 4.69) is 5.32 Å². The first-order chi connectivity index (χ1) is 9.38. The van der Waals surface area contributed by atoms with E-state index in [1.54, 1.807) is 0 Å². The number of hydrogen-bond acceptors (Lipinski definition) is 3. The second kappa shape index (κ2) is 7.11. The largest absolute Gasteiger partial charge is 0.416 e. The van der Waals surface area contributed by atoms with Gasteiger partial charge in [0.05, 0.1) is 18.8 Å². The lowest BCUT2D eigenvalue weighted by atomic mass is 10.2. The summed E-state index contributed by atoms with van der Waals surface area (Å²) in [5, 5.41) is 19.8. The van der Waals surface area contributed by atoms with Crippen molar-refractivity contribution >= 4 is 11.7 Å². The molecule has 5 nitrogen and oxygen atoms in total. The standard InChI is InChI=1S/C12H15F3N2O3/c13-12(14,15)9-2-1-3-10(8-9)16-11(20)17(4-6-18)5-7-19/h1-3,8,18-19H,4-7H2,(H,16,20). The molecule has 8 heteroatoms. The Bertz CT molecular complexity index is 446. The SMILES string of the molecule is O=C(Nc1cccc(C(F)(F)F)c1)N(CCO)CCO. The highest BCUT2D eigenvalue weighted by Gasteiger charge is 2.30. The third-order valence-electron chi connectivity index (χ3n) is 2.47. The molecule has 0 aliphatic heterocycles. The highest BCUT2D eigenvalue weighted by atomic mass is 19.4. The molecule has 3 N–H and O–H groups in total. The van der Waals surface area contributed by atoms with E-state index in [9.17, 15) is 18.0 Å². The number of nitrogens with one attached hydrogen (secondary N) is 1. The molecule has 0 aliphatic rings. The summed E-state index contributed by atoms with van der Waals surface area (Å²) in [4.78, 5) is 12.9. The highest BCUT2D eigenvalue weighted by molar-refractivity contribution is 5.89. The highest BCUT2D eigenvalue weighted by Crippen LogP contribution is 2.30. The fourth-order valence-corrected chi connectivity index (χ4v) is 1.53. The van der Waals surface area contributed by atoms with E-state index in [1.807, 2.05) is 0 Å². The van der Waals surface area contributed by atoms with Crippen LogP contribution in [0, 0.1) is 0 Å². The maximum atomic E-state index is 12.5. The maximum absolute atomic E-state index is 12.5. The van der Waals surface area contributed by atoms with Crippen LogP contribution in [-0.2, 0) is 6.18 Å². The lowest BCUT2D eigenvalue weighted by Crippen LogP contribution is -2.39. The lowest BCUT2D eigenvalue weighted by molar-refractivity contribution is -0.137. The smallest absolute Gasteiger partial charge is 0.395 e. The average molecular weight is 292 g/mol. The molecule has 0 unspecified atom stereocenters. The van der Waals surface area contributed by atoms with Crippen LogP contribution >= 0.6 is 0 Å². The predicted molar refractivity (Wildman–Crippen MR) is 66.2 cm³/mol. The molecule has 0 bridgehead atoms. The van der Waals surface area contributed by atoms with Crippen LogP contribution in [0.1, 0.15) is 5.56 Å². The van der Waals surface area contributed by atoms with E-state index in [0.717, 1.165) is 17.0 Å². The van der Waals surface area contributed by atoms with Crippen LogP contribution in [0.4, 0.5) is 23.7 Å². The maximum Gasteiger partial charge on any atom is 0.416 e. The first kappa shape index (κ1) is 16.3. The van der Waals surface area contributed by atoms with E-state index < -0.39 is 17.8 Å². The molecule has 1 aromatic rings. The third-order valence-corrected chi connectivity index (χ3v) is 2.47. The Labute approximate surface area is 113 Å². The van der Waals surface area contributed by atoms with E-state index >= 15 is 0 Å². The number of aliphatic hydroxyl groups excluding tert-OH is 2. The first-order valence-corrected chi connectivity index (χ1v) is 5.83. The number of halogens is 3. The molecule has 112 valence electrons. The van der Waals surface area contributed by atoms with Crippen molar-refractivity contribution in [3.8, 4) is 0 Å². The molecular weight excluding hydrogens is 277 g/mol. The van der Waals surface area contributed by atoms with Crippen molar-refractivity contribution in [1.82, 2.24) is 4.90 Å². The molecule has 0 saturated heterocycles. The summed E-state index contributed by atoms with van der Waals surface area (Å²) < 4.78 is 37.5. The van der Waals surface area contributed by atoms with Gasteiger partial charge in [0.1, 0.15) is 0 Å².